The number of hydrogen-bond donors (Lipinski definition) is 1. The number of piperidine rings is 1. The monoisotopic (exact) mass is 322 g/mol. The van der Waals surface area contributed by atoms with E-state index in [1.165, 1.54) is 25.9 Å². The average Bonchev–Trinajstić information content (AvgIpc) is 2.96. The van der Waals surface area contributed by atoms with Crippen LogP contribution in [0.2, 0.25) is 0 Å². The minimum absolute atomic E-state index is 0.208. The second-order valence-electron chi connectivity index (χ2n) is 6.30. The van der Waals surface area contributed by atoms with Crippen LogP contribution in [0.3, 0.4) is 0 Å². The van der Waals surface area contributed by atoms with Gasteiger partial charge in [-0.1, -0.05) is 6.92 Å². The maximum atomic E-state index is 12.9. The number of hydrogen-bond acceptors (Lipinski definition) is 5. The van der Waals surface area contributed by atoms with Gasteiger partial charge in [0.25, 0.3) is 0 Å². The number of carbonyl (C=O) groups is 1. The van der Waals surface area contributed by atoms with E-state index in [4.69, 9.17) is 0 Å². The minimum atomic E-state index is -0.208. The van der Waals surface area contributed by atoms with Crippen LogP contribution in [0.1, 0.15) is 36.4 Å². The molecule has 5 nitrogen and oxygen atoms in total. The Morgan fingerprint density at radius 2 is 2.14 bits per heavy atom. The molecule has 0 saturated carbocycles. The lowest BCUT2D eigenvalue weighted by molar-refractivity contribution is -0.134. The van der Waals surface area contributed by atoms with Crippen LogP contribution >= 0.6 is 11.3 Å². The number of fused-ring (bicyclic) bond motifs is 1. The van der Waals surface area contributed by atoms with Gasteiger partial charge in [0, 0.05) is 19.5 Å². The van der Waals surface area contributed by atoms with Crippen molar-refractivity contribution in [3.8, 4) is 0 Å². The van der Waals surface area contributed by atoms with Crippen molar-refractivity contribution >= 4 is 17.2 Å². The van der Waals surface area contributed by atoms with Crippen molar-refractivity contribution in [1.29, 1.82) is 0 Å². The van der Waals surface area contributed by atoms with Gasteiger partial charge < -0.3 is 15.1 Å². The molecule has 1 amide bonds. The van der Waals surface area contributed by atoms with Crippen molar-refractivity contribution in [2.45, 2.75) is 32.2 Å². The Morgan fingerprint density at radius 1 is 1.36 bits per heavy atom. The van der Waals surface area contributed by atoms with E-state index >= 15 is 0 Å². The first-order valence-corrected chi connectivity index (χ1v) is 9.21. The lowest BCUT2D eigenvalue weighted by Crippen LogP contribution is -2.44. The molecular weight excluding hydrogens is 296 g/mol. The molecule has 0 radical (unpaired) electrons. The topological polar surface area (TPSA) is 48.5 Å². The van der Waals surface area contributed by atoms with E-state index in [1.54, 1.807) is 11.3 Å². The highest BCUT2D eigenvalue weighted by Gasteiger charge is 2.33. The highest BCUT2D eigenvalue weighted by atomic mass is 32.1. The normalized spacial score (nSPS) is 24.4. The van der Waals surface area contributed by atoms with Gasteiger partial charge in [-0.25, -0.2) is 4.98 Å². The van der Waals surface area contributed by atoms with E-state index in [1.807, 2.05) is 12.6 Å². The third kappa shape index (κ3) is 3.19. The van der Waals surface area contributed by atoms with Gasteiger partial charge >= 0.3 is 0 Å². The van der Waals surface area contributed by atoms with Crippen LogP contribution in [0.25, 0.3) is 0 Å². The quantitative estimate of drug-likeness (QED) is 0.913. The zero-order valence-corrected chi connectivity index (χ0v) is 14.4. The number of aromatic nitrogens is 1. The summed E-state index contributed by atoms with van der Waals surface area (Å²) in [7, 11) is 1.87. The number of likely N-dealkylation sites (tertiary alicyclic amines) is 1. The SMILES string of the molecule is CCN1CCC(CN2CCc3ncsc3C(NC)C2=O)CC1. The van der Waals surface area contributed by atoms with Crippen LogP contribution in [0.5, 0.6) is 0 Å². The number of amides is 1. The smallest absolute Gasteiger partial charge is 0.245 e. The molecule has 0 aliphatic carbocycles. The first-order valence-electron chi connectivity index (χ1n) is 8.33. The van der Waals surface area contributed by atoms with E-state index in [9.17, 15) is 4.79 Å². The van der Waals surface area contributed by atoms with Crippen LogP contribution < -0.4 is 5.32 Å². The summed E-state index contributed by atoms with van der Waals surface area (Å²) in [5.41, 5.74) is 2.96. The molecule has 0 aromatic carbocycles. The van der Waals surface area contributed by atoms with Crippen LogP contribution in [-0.4, -0.2) is 60.5 Å². The third-order valence-electron chi connectivity index (χ3n) is 5.03. The minimum Gasteiger partial charge on any atom is -0.340 e. The van der Waals surface area contributed by atoms with Crippen LogP contribution in [0.15, 0.2) is 5.51 Å². The molecule has 1 unspecified atom stereocenters. The van der Waals surface area contributed by atoms with Crippen LogP contribution in [-0.2, 0) is 11.2 Å². The lowest BCUT2D eigenvalue weighted by Gasteiger charge is -2.34. The summed E-state index contributed by atoms with van der Waals surface area (Å²) >= 11 is 1.60. The van der Waals surface area contributed by atoms with Crippen LogP contribution in [0.4, 0.5) is 0 Å². The largest absolute Gasteiger partial charge is 0.340 e. The second-order valence-corrected chi connectivity index (χ2v) is 7.18. The molecule has 3 heterocycles. The van der Waals surface area contributed by atoms with Gasteiger partial charge in [0.1, 0.15) is 6.04 Å². The molecule has 2 aliphatic rings. The zero-order chi connectivity index (χ0) is 15.5. The Hall–Kier alpha value is -0.980. The van der Waals surface area contributed by atoms with E-state index in [0.717, 1.165) is 36.6 Å². The molecular formula is C16H26N4OS. The molecule has 1 N–H and O–H groups in total. The molecule has 1 aromatic heterocycles. The van der Waals surface area contributed by atoms with Gasteiger partial charge in [-0.2, -0.15) is 0 Å². The summed E-state index contributed by atoms with van der Waals surface area (Å²) in [6.07, 6.45) is 3.31. The summed E-state index contributed by atoms with van der Waals surface area (Å²) < 4.78 is 0. The molecule has 1 atom stereocenters. The van der Waals surface area contributed by atoms with Gasteiger partial charge in [0.2, 0.25) is 5.91 Å². The Balaban J connectivity index is 1.65. The van der Waals surface area contributed by atoms with E-state index in [2.05, 4.69) is 27.0 Å². The molecule has 122 valence electrons. The zero-order valence-electron chi connectivity index (χ0n) is 13.5. The van der Waals surface area contributed by atoms with Crippen LogP contribution in [0, 0.1) is 5.92 Å². The summed E-state index contributed by atoms with van der Waals surface area (Å²) in [4.78, 5) is 23.0. The van der Waals surface area contributed by atoms with Gasteiger partial charge in [0.15, 0.2) is 0 Å². The number of likely N-dealkylation sites (N-methyl/N-ethyl adjacent to an activating group) is 1. The van der Waals surface area contributed by atoms with E-state index in [-0.39, 0.29) is 11.9 Å². The lowest BCUT2D eigenvalue weighted by atomic mass is 9.96. The van der Waals surface area contributed by atoms with Gasteiger partial charge in [-0.05, 0) is 45.4 Å². The average molecular weight is 322 g/mol. The highest BCUT2D eigenvalue weighted by Crippen LogP contribution is 2.29. The standard InChI is InChI=1S/C16H26N4OS/c1-3-19-7-4-12(5-8-19)10-20-9-6-13-15(22-11-18-13)14(17-2)16(20)21/h11-12,14,17H,3-10H2,1-2H3. The Bertz CT molecular complexity index is 510. The Labute approximate surface area is 136 Å². The summed E-state index contributed by atoms with van der Waals surface area (Å²) in [6, 6.07) is -0.208. The fraction of sp³-hybridized carbons (Fsp3) is 0.750. The van der Waals surface area contributed by atoms with Crippen molar-refractivity contribution in [3.63, 3.8) is 0 Å². The van der Waals surface area contributed by atoms with Crippen molar-refractivity contribution < 1.29 is 4.79 Å². The second kappa shape index (κ2) is 7.06. The molecule has 1 fully saturated rings. The Morgan fingerprint density at radius 3 is 2.82 bits per heavy atom. The predicted octanol–water partition coefficient (Wildman–Crippen LogP) is 1.52. The molecule has 0 bridgehead atoms. The first-order chi connectivity index (χ1) is 10.7. The fourth-order valence-corrected chi connectivity index (χ4v) is 4.52. The van der Waals surface area contributed by atoms with Crippen molar-refractivity contribution in [2.75, 3.05) is 39.8 Å². The van der Waals surface area contributed by atoms with Crippen molar-refractivity contribution in [1.82, 2.24) is 20.1 Å². The first kappa shape index (κ1) is 15.9. The van der Waals surface area contributed by atoms with Gasteiger partial charge in [0.05, 0.1) is 16.1 Å². The molecule has 6 heteroatoms. The van der Waals surface area contributed by atoms with E-state index in [0.29, 0.717) is 5.92 Å². The molecule has 0 spiro atoms. The maximum Gasteiger partial charge on any atom is 0.245 e. The van der Waals surface area contributed by atoms with Gasteiger partial charge in [-0.15, -0.1) is 11.3 Å². The number of nitrogens with one attached hydrogen (secondary N) is 1. The molecule has 1 saturated heterocycles. The summed E-state index contributed by atoms with van der Waals surface area (Å²) in [5.74, 6) is 0.872. The molecule has 3 rings (SSSR count). The number of carbonyl (C=O) groups excluding carboxylic acids is 1. The molecule has 2 aliphatic heterocycles. The number of thiazole rings is 1. The fourth-order valence-electron chi connectivity index (χ4n) is 3.58. The van der Waals surface area contributed by atoms with Crippen molar-refractivity contribution in [2.24, 2.45) is 5.92 Å². The third-order valence-corrected chi connectivity index (χ3v) is 5.97. The summed E-state index contributed by atoms with van der Waals surface area (Å²) in [6.45, 7) is 7.43. The maximum absolute atomic E-state index is 12.9. The summed E-state index contributed by atoms with van der Waals surface area (Å²) in [5, 5.41) is 3.19. The number of rotatable bonds is 4. The molecule has 1 aromatic rings. The van der Waals surface area contributed by atoms with Crippen molar-refractivity contribution in [3.05, 3.63) is 16.1 Å². The predicted molar refractivity (Wildman–Crippen MR) is 89.0 cm³/mol. The van der Waals surface area contributed by atoms with E-state index < -0.39 is 0 Å². The Kier molecular flexibility index (Phi) is 5.10. The number of nitrogens with zero attached hydrogens (tertiary/aromatic N) is 3. The van der Waals surface area contributed by atoms with Gasteiger partial charge in [-0.3, -0.25) is 4.79 Å². The molecule has 22 heavy (non-hydrogen) atoms. The highest BCUT2D eigenvalue weighted by molar-refractivity contribution is 7.10.